The summed E-state index contributed by atoms with van der Waals surface area (Å²) in [6.07, 6.45) is -0.816. The maximum absolute atomic E-state index is 12.5. The van der Waals surface area contributed by atoms with Crippen molar-refractivity contribution in [1.82, 2.24) is 10.2 Å². The minimum atomic E-state index is -0.974. The number of amides is 2. The second kappa shape index (κ2) is 9.43. The minimum absolute atomic E-state index is 0.0585. The SMILES string of the molecule is CCN(CCC(=O)O)C(=O)C(C)NC(=O)OCC1c2ccccc2-c2ccccc21. The van der Waals surface area contributed by atoms with Crippen LogP contribution in [0.2, 0.25) is 0 Å². The lowest BCUT2D eigenvalue weighted by atomic mass is 9.98. The predicted octanol–water partition coefficient (Wildman–Crippen LogP) is 3.24. The Morgan fingerprint density at radius 3 is 2.17 bits per heavy atom. The molecule has 0 aliphatic heterocycles. The molecule has 0 saturated carbocycles. The van der Waals surface area contributed by atoms with Crippen molar-refractivity contribution < 1.29 is 24.2 Å². The van der Waals surface area contributed by atoms with Gasteiger partial charge in [-0.2, -0.15) is 0 Å². The number of aliphatic carboxylic acids is 1. The molecule has 3 rings (SSSR count). The molecule has 2 N–H and O–H groups in total. The molecule has 1 aliphatic rings. The quantitative estimate of drug-likeness (QED) is 0.697. The van der Waals surface area contributed by atoms with Crippen molar-refractivity contribution in [2.45, 2.75) is 32.2 Å². The van der Waals surface area contributed by atoms with Gasteiger partial charge in [0.25, 0.3) is 0 Å². The summed E-state index contributed by atoms with van der Waals surface area (Å²) in [7, 11) is 0. The molecule has 0 aromatic heterocycles. The topological polar surface area (TPSA) is 95.9 Å². The largest absolute Gasteiger partial charge is 0.481 e. The van der Waals surface area contributed by atoms with Crippen LogP contribution >= 0.6 is 0 Å². The van der Waals surface area contributed by atoms with E-state index in [2.05, 4.69) is 17.4 Å². The van der Waals surface area contributed by atoms with E-state index >= 15 is 0 Å². The maximum atomic E-state index is 12.5. The molecule has 7 nitrogen and oxygen atoms in total. The monoisotopic (exact) mass is 410 g/mol. The molecule has 0 heterocycles. The van der Waals surface area contributed by atoms with Crippen LogP contribution in [0.4, 0.5) is 4.79 Å². The number of carboxylic acid groups (broad SMARTS) is 1. The highest BCUT2D eigenvalue weighted by Crippen LogP contribution is 2.44. The molecule has 30 heavy (non-hydrogen) atoms. The highest BCUT2D eigenvalue weighted by Gasteiger charge is 2.29. The van der Waals surface area contributed by atoms with E-state index in [0.29, 0.717) is 6.54 Å². The number of benzene rings is 2. The van der Waals surface area contributed by atoms with Crippen LogP contribution < -0.4 is 5.32 Å². The number of carboxylic acids is 1. The van der Waals surface area contributed by atoms with E-state index < -0.39 is 18.1 Å². The van der Waals surface area contributed by atoms with Crippen LogP contribution in [0.25, 0.3) is 11.1 Å². The van der Waals surface area contributed by atoms with Gasteiger partial charge < -0.3 is 20.1 Å². The van der Waals surface area contributed by atoms with Crippen molar-refractivity contribution in [2.75, 3.05) is 19.7 Å². The molecule has 2 aromatic carbocycles. The lowest BCUT2D eigenvalue weighted by molar-refractivity contribution is -0.138. The number of nitrogens with one attached hydrogen (secondary N) is 1. The van der Waals surface area contributed by atoms with Gasteiger partial charge in [0.05, 0.1) is 6.42 Å². The standard InChI is InChI=1S/C23H26N2O5/c1-3-25(13-12-21(26)27)22(28)15(2)24-23(29)30-14-20-18-10-6-4-8-16(18)17-9-5-7-11-19(17)20/h4-11,15,20H,3,12-14H2,1-2H3,(H,24,29)(H,26,27). The van der Waals surface area contributed by atoms with Gasteiger partial charge in [-0.15, -0.1) is 0 Å². The van der Waals surface area contributed by atoms with E-state index in [0.717, 1.165) is 22.3 Å². The van der Waals surface area contributed by atoms with E-state index in [-0.39, 0.29) is 31.4 Å². The average molecular weight is 410 g/mol. The summed E-state index contributed by atoms with van der Waals surface area (Å²) in [5, 5.41) is 11.4. The zero-order valence-corrected chi connectivity index (χ0v) is 17.1. The van der Waals surface area contributed by atoms with Gasteiger partial charge in [0, 0.05) is 19.0 Å². The fourth-order valence-electron chi connectivity index (χ4n) is 3.81. The fraction of sp³-hybridized carbons (Fsp3) is 0.348. The number of ether oxygens (including phenoxy) is 1. The normalized spacial score (nSPS) is 13.1. The molecule has 0 fully saturated rings. The van der Waals surface area contributed by atoms with Gasteiger partial charge in [-0.1, -0.05) is 48.5 Å². The molecule has 158 valence electrons. The van der Waals surface area contributed by atoms with Crippen LogP contribution in [0.1, 0.15) is 37.3 Å². The first-order chi connectivity index (χ1) is 14.4. The van der Waals surface area contributed by atoms with Gasteiger partial charge in [0.15, 0.2) is 0 Å². The van der Waals surface area contributed by atoms with Gasteiger partial charge in [-0.25, -0.2) is 4.79 Å². The molecule has 0 bridgehead atoms. The second-order valence-corrected chi connectivity index (χ2v) is 7.25. The summed E-state index contributed by atoms with van der Waals surface area (Å²) in [4.78, 5) is 36.9. The summed E-state index contributed by atoms with van der Waals surface area (Å²) in [6.45, 7) is 3.95. The average Bonchev–Trinajstić information content (AvgIpc) is 3.06. The molecule has 1 unspecified atom stereocenters. The third-order valence-corrected chi connectivity index (χ3v) is 5.34. The number of hydrogen-bond donors (Lipinski definition) is 2. The number of carbonyl (C=O) groups excluding carboxylic acids is 2. The Labute approximate surface area is 175 Å². The van der Waals surface area contributed by atoms with E-state index in [1.165, 1.54) is 4.90 Å². The van der Waals surface area contributed by atoms with E-state index in [4.69, 9.17) is 9.84 Å². The third-order valence-electron chi connectivity index (χ3n) is 5.34. The first kappa shape index (κ1) is 21.4. The Hall–Kier alpha value is -3.35. The number of hydrogen-bond acceptors (Lipinski definition) is 4. The molecule has 2 amide bonds. The molecule has 2 aromatic rings. The molecule has 0 radical (unpaired) electrons. The van der Waals surface area contributed by atoms with Gasteiger partial charge in [0.2, 0.25) is 5.91 Å². The first-order valence-electron chi connectivity index (χ1n) is 10.0. The maximum Gasteiger partial charge on any atom is 0.407 e. The summed E-state index contributed by atoms with van der Waals surface area (Å²) < 4.78 is 5.46. The van der Waals surface area contributed by atoms with Gasteiger partial charge in [0.1, 0.15) is 12.6 Å². The molecular formula is C23H26N2O5. The van der Waals surface area contributed by atoms with E-state index in [1.54, 1.807) is 13.8 Å². The molecule has 0 saturated heterocycles. The van der Waals surface area contributed by atoms with E-state index in [1.807, 2.05) is 36.4 Å². The zero-order chi connectivity index (χ0) is 21.7. The Morgan fingerprint density at radius 1 is 1.07 bits per heavy atom. The Bertz CT molecular complexity index is 897. The number of alkyl carbamates (subject to hydrolysis) is 1. The van der Waals surface area contributed by atoms with Gasteiger partial charge in [-0.3, -0.25) is 9.59 Å². The van der Waals surface area contributed by atoms with Crippen molar-refractivity contribution in [3.63, 3.8) is 0 Å². The summed E-state index contributed by atoms with van der Waals surface area (Å²) in [5.74, 6) is -1.37. The van der Waals surface area contributed by atoms with E-state index in [9.17, 15) is 14.4 Å². The van der Waals surface area contributed by atoms with Crippen LogP contribution in [0, 0.1) is 0 Å². The van der Waals surface area contributed by atoms with Crippen molar-refractivity contribution >= 4 is 18.0 Å². The van der Waals surface area contributed by atoms with Crippen molar-refractivity contribution in [2.24, 2.45) is 0 Å². The van der Waals surface area contributed by atoms with Gasteiger partial charge >= 0.3 is 12.1 Å². The number of carbonyl (C=O) groups is 3. The predicted molar refractivity (Wildman–Crippen MR) is 112 cm³/mol. The smallest absolute Gasteiger partial charge is 0.407 e. The van der Waals surface area contributed by atoms with Crippen molar-refractivity contribution in [1.29, 1.82) is 0 Å². The minimum Gasteiger partial charge on any atom is -0.481 e. The lowest BCUT2D eigenvalue weighted by Gasteiger charge is -2.24. The van der Waals surface area contributed by atoms with Crippen LogP contribution in [-0.4, -0.2) is 53.7 Å². The number of rotatable bonds is 8. The molecule has 7 heteroatoms. The highest BCUT2D eigenvalue weighted by molar-refractivity contribution is 5.85. The first-order valence-corrected chi connectivity index (χ1v) is 10.0. The van der Waals surface area contributed by atoms with Crippen molar-refractivity contribution in [3.05, 3.63) is 59.7 Å². The number of likely N-dealkylation sites (N-methyl/N-ethyl adjacent to an activating group) is 1. The summed E-state index contributed by atoms with van der Waals surface area (Å²) in [5.41, 5.74) is 4.51. The Morgan fingerprint density at radius 2 is 1.63 bits per heavy atom. The van der Waals surface area contributed by atoms with Crippen LogP contribution in [0.5, 0.6) is 0 Å². The molecule has 0 spiro atoms. The summed E-state index contributed by atoms with van der Waals surface area (Å²) >= 11 is 0. The Kier molecular flexibility index (Phi) is 6.72. The van der Waals surface area contributed by atoms with Crippen LogP contribution in [0.3, 0.4) is 0 Å². The zero-order valence-electron chi connectivity index (χ0n) is 17.1. The number of fused-ring (bicyclic) bond motifs is 3. The fourth-order valence-corrected chi connectivity index (χ4v) is 3.81. The Balaban J connectivity index is 1.59. The molecule has 1 aliphatic carbocycles. The molecule has 1 atom stereocenters. The highest BCUT2D eigenvalue weighted by atomic mass is 16.5. The third kappa shape index (κ3) is 4.62. The van der Waals surface area contributed by atoms with Crippen molar-refractivity contribution in [3.8, 4) is 11.1 Å². The number of nitrogens with zero attached hydrogens (tertiary/aromatic N) is 1. The second-order valence-electron chi connectivity index (χ2n) is 7.25. The van der Waals surface area contributed by atoms with Crippen LogP contribution in [-0.2, 0) is 14.3 Å². The van der Waals surface area contributed by atoms with Crippen LogP contribution in [0.15, 0.2) is 48.5 Å². The lowest BCUT2D eigenvalue weighted by Crippen LogP contribution is -2.47. The van der Waals surface area contributed by atoms with Gasteiger partial charge in [-0.05, 0) is 36.1 Å². The molecular weight excluding hydrogens is 384 g/mol. The summed E-state index contributed by atoms with van der Waals surface area (Å²) in [6, 6.07) is 15.3.